The van der Waals surface area contributed by atoms with Crippen LogP contribution < -0.4 is 10.5 Å². The molecular weight excluding hydrogens is 218 g/mol. The summed E-state index contributed by atoms with van der Waals surface area (Å²) in [6.07, 6.45) is 2.11. The van der Waals surface area contributed by atoms with E-state index in [-0.39, 0.29) is 11.6 Å². The van der Waals surface area contributed by atoms with Crippen LogP contribution >= 0.6 is 11.8 Å². The summed E-state index contributed by atoms with van der Waals surface area (Å²) in [6, 6.07) is 6.48. The Morgan fingerprint density at radius 2 is 2.38 bits per heavy atom. The van der Waals surface area contributed by atoms with Gasteiger partial charge in [0.2, 0.25) is 0 Å². The first-order valence-corrected chi connectivity index (χ1v) is 6.97. The van der Waals surface area contributed by atoms with Crippen LogP contribution in [0.25, 0.3) is 0 Å². The van der Waals surface area contributed by atoms with Crippen molar-refractivity contribution in [2.24, 2.45) is 5.73 Å². The summed E-state index contributed by atoms with van der Waals surface area (Å²) in [4.78, 5) is 0. The molecule has 0 radical (unpaired) electrons. The SMILES string of the molecule is Cc1ccc2c(c1)[C@H](N)CC1(CCSC1)O2. The number of hydrogen-bond donors (Lipinski definition) is 1. The predicted octanol–water partition coefficient (Wildman–Crippen LogP) is 2.65. The van der Waals surface area contributed by atoms with Crippen molar-refractivity contribution in [3.63, 3.8) is 0 Å². The fourth-order valence-corrected chi connectivity index (χ4v) is 4.02. The van der Waals surface area contributed by atoms with E-state index in [0.29, 0.717) is 0 Å². The second-order valence-corrected chi connectivity index (χ2v) is 6.04. The summed E-state index contributed by atoms with van der Waals surface area (Å²) in [5.41, 5.74) is 8.74. The first-order chi connectivity index (χ1) is 7.69. The van der Waals surface area contributed by atoms with Crippen LogP contribution in [0.2, 0.25) is 0 Å². The predicted molar refractivity (Wildman–Crippen MR) is 68.0 cm³/mol. The van der Waals surface area contributed by atoms with E-state index in [1.807, 2.05) is 11.8 Å². The van der Waals surface area contributed by atoms with Crippen molar-refractivity contribution in [2.75, 3.05) is 11.5 Å². The van der Waals surface area contributed by atoms with Crippen LogP contribution in [0.3, 0.4) is 0 Å². The molecule has 3 rings (SSSR count). The summed E-state index contributed by atoms with van der Waals surface area (Å²) in [5.74, 6) is 3.30. The van der Waals surface area contributed by atoms with E-state index in [1.165, 1.54) is 16.9 Å². The van der Waals surface area contributed by atoms with E-state index in [0.717, 1.165) is 24.3 Å². The molecule has 2 atom stereocenters. The smallest absolute Gasteiger partial charge is 0.124 e. The quantitative estimate of drug-likeness (QED) is 0.751. The fraction of sp³-hybridized carbons (Fsp3) is 0.538. The minimum absolute atomic E-state index is 0.0202. The Balaban J connectivity index is 1.99. The van der Waals surface area contributed by atoms with Gasteiger partial charge in [-0.1, -0.05) is 17.7 Å². The summed E-state index contributed by atoms with van der Waals surface area (Å²) >= 11 is 1.98. The lowest BCUT2D eigenvalue weighted by Crippen LogP contribution is -2.43. The van der Waals surface area contributed by atoms with Crippen LogP contribution in [0.4, 0.5) is 0 Å². The van der Waals surface area contributed by atoms with Crippen LogP contribution in [0.5, 0.6) is 5.75 Å². The average Bonchev–Trinajstić information content (AvgIpc) is 2.68. The minimum Gasteiger partial charge on any atom is -0.486 e. The average molecular weight is 235 g/mol. The second-order valence-electron chi connectivity index (χ2n) is 4.94. The van der Waals surface area contributed by atoms with Gasteiger partial charge in [0.05, 0.1) is 0 Å². The fourth-order valence-electron chi connectivity index (χ4n) is 2.67. The number of benzene rings is 1. The molecule has 1 saturated heterocycles. The summed E-state index contributed by atoms with van der Waals surface area (Å²) in [6.45, 7) is 2.10. The van der Waals surface area contributed by atoms with Gasteiger partial charge in [0.25, 0.3) is 0 Å². The van der Waals surface area contributed by atoms with Gasteiger partial charge >= 0.3 is 0 Å². The molecule has 0 bridgehead atoms. The maximum atomic E-state index is 6.28. The zero-order valence-corrected chi connectivity index (χ0v) is 10.3. The topological polar surface area (TPSA) is 35.2 Å². The minimum atomic E-state index is 0.0202. The highest BCUT2D eigenvalue weighted by atomic mass is 32.2. The Morgan fingerprint density at radius 3 is 3.12 bits per heavy atom. The van der Waals surface area contributed by atoms with Gasteiger partial charge in [-0.05, 0) is 25.2 Å². The van der Waals surface area contributed by atoms with E-state index in [2.05, 4.69) is 25.1 Å². The maximum absolute atomic E-state index is 6.28. The molecule has 1 unspecified atom stereocenters. The number of nitrogens with two attached hydrogens (primary N) is 1. The molecule has 1 aromatic rings. The molecule has 2 heterocycles. The van der Waals surface area contributed by atoms with Crippen molar-refractivity contribution in [1.29, 1.82) is 0 Å². The Kier molecular flexibility index (Phi) is 2.41. The third-order valence-electron chi connectivity index (χ3n) is 3.55. The summed E-state index contributed by atoms with van der Waals surface area (Å²) in [5, 5.41) is 0. The monoisotopic (exact) mass is 235 g/mol. The molecule has 2 N–H and O–H groups in total. The van der Waals surface area contributed by atoms with Gasteiger partial charge in [-0.3, -0.25) is 0 Å². The van der Waals surface area contributed by atoms with Gasteiger partial charge in [0.1, 0.15) is 11.4 Å². The van der Waals surface area contributed by atoms with E-state index in [4.69, 9.17) is 10.5 Å². The maximum Gasteiger partial charge on any atom is 0.124 e. The third kappa shape index (κ3) is 1.62. The van der Waals surface area contributed by atoms with Crippen LogP contribution in [0.1, 0.15) is 30.0 Å². The zero-order chi connectivity index (χ0) is 11.2. The van der Waals surface area contributed by atoms with Crippen LogP contribution in [0, 0.1) is 6.92 Å². The summed E-state index contributed by atoms with van der Waals surface area (Å²) in [7, 11) is 0. The van der Waals surface area contributed by atoms with Crippen molar-refractivity contribution in [2.45, 2.75) is 31.4 Å². The standard InChI is InChI=1S/C13H17NOS/c1-9-2-3-12-10(6-9)11(14)7-13(15-12)4-5-16-8-13/h2-3,6,11H,4-5,7-8,14H2,1H3/t11-,13?/m1/s1. The molecule has 2 aliphatic rings. The molecule has 1 fully saturated rings. The molecule has 16 heavy (non-hydrogen) atoms. The Labute approximate surface area is 101 Å². The molecule has 3 heteroatoms. The lowest BCUT2D eigenvalue weighted by molar-refractivity contribution is 0.0615. The van der Waals surface area contributed by atoms with Crippen LogP contribution in [0.15, 0.2) is 18.2 Å². The first-order valence-electron chi connectivity index (χ1n) is 5.81. The number of rotatable bonds is 0. The van der Waals surface area contributed by atoms with E-state index >= 15 is 0 Å². The second kappa shape index (κ2) is 3.67. The Bertz CT molecular complexity index is 412. The molecular formula is C13H17NOS. The lowest BCUT2D eigenvalue weighted by Gasteiger charge is -2.38. The number of thioether (sulfide) groups is 1. The van der Waals surface area contributed by atoms with Gasteiger partial charge in [0.15, 0.2) is 0 Å². The molecule has 0 aromatic heterocycles. The third-order valence-corrected chi connectivity index (χ3v) is 4.77. The molecule has 2 nitrogen and oxygen atoms in total. The normalized spacial score (nSPS) is 32.5. The van der Waals surface area contributed by atoms with E-state index in [9.17, 15) is 0 Å². The van der Waals surface area contributed by atoms with Gasteiger partial charge in [-0.2, -0.15) is 11.8 Å². The van der Waals surface area contributed by atoms with Crippen molar-refractivity contribution >= 4 is 11.8 Å². The van der Waals surface area contributed by atoms with Gasteiger partial charge < -0.3 is 10.5 Å². The zero-order valence-electron chi connectivity index (χ0n) is 9.53. The molecule has 0 amide bonds. The molecule has 86 valence electrons. The van der Waals surface area contributed by atoms with Crippen molar-refractivity contribution in [1.82, 2.24) is 0 Å². The van der Waals surface area contributed by atoms with E-state index < -0.39 is 0 Å². The Hall–Kier alpha value is -0.670. The molecule has 0 aliphatic carbocycles. The van der Waals surface area contributed by atoms with Crippen molar-refractivity contribution in [3.05, 3.63) is 29.3 Å². The number of aryl methyl sites for hydroxylation is 1. The number of hydrogen-bond acceptors (Lipinski definition) is 3. The highest BCUT2D eigenvalue weighted by molar-refractivity contribution is 7.99. The first kappa shape index (κ1) is 10.5. The van der Waals surface area contributed by atoms with E-state index in [1.54, 1.807) is 0 Å². The van der Waals surface area contributed by atoms with Crippen molar-refractivity contribution in [3.8, 4) is 5.75 Å². The lowest BCUT2D eigenvalue weighted by atomic mass is 9.87. The Morgan fingerprint density at radius 1 is 1.50 bits per heavy atom. The van der Waals surface area contributed by atoms with Crippen LogP contribution in [-0.4, -0.2) is 17.1 Å². The molecule has 2 aliphatic heterocycles. The van der Waals surface area contributed by atoms with Gasteiger partial charge in [0, 0.05) is 23.8 Å². The van der Waals surface area contributed by atoms with Crippen LogP contribution in [-0.2, 0) is 0 Å². The van der Waals surface area contributed by atoms with Gasteiger partial charge in [-0.25, -0.2) is 0 Å². The highest BCUT2D eigenvalue weighted by Crippen LogP contribution is 2.45. The molecule has 0 saturated carbocycles. The number of ether oxygens (including phenoxy) is 1. The molecule has 1 spiro atoms. The number of fused-ring (bicyclic) bond motifs is 1. The van der Waals surface area contributed by atoms with Crippen molar-refractivity contribution < 1.29 is 4.74 Å². The summed E-state index contributed by atoms with van der Waals surface area (Å²) < 4.78 is 6.20. The highest BCUT2D eigenvalue weighted by Gasteiger charge is 2.42. The largest absolute Gasteiger partial charge is 0.486 e. The van der Waals surface area contributed by atoms with Gasteiger partial charge in [-0.15, -0.1) is 0 Å². The molecule has 1 aromatic carbocycles.